The molecule has 164 valence electrons. The Morgan fingerprint density at radius 1 is 1.00 bits per heavy atom. The fourth-order valence-corrected chi connectivity index (χ4v) is 3.71. The number of rotatable bonds is 5. The Morgan fingerprint density at radius 3 is 2.68 bits per heavy atom. The highest BCUT2D eigenvalue weighted by molar-refractivity contribution is 5.96. The van der Waals surface area contributed by atoms with Gasteiger partial charge in [0.25, 0.3) is 0 Å². The lowest BCUT2D eigenvalue weighted by Gasteiger charge is -2.26. The second-order valence-electron chi connectivity index (χ2n) is 7.24. The van der Waals surface area contributed by atoms with E-state index < -0.39 is 0 Å². The lowest BCUT2D eigenvalue weighted by atomic mass is 10.0. The number of fused-ring (bicyclic) bond motifs is 2. The van der Waals surface area contributed by atoms with Crippen LogP contribution in [0.1, 0.15) is 0 Å². The van der Waals surface area contributed by atoms with E-state index in [2.05, 4.69) is 28.1 Å². The van der Waals surface area contributed by atoms with Gasteiger partial charge in [-0.2, -0.15) is 0 Å². The molecule has 4 aromatic rings. The molecule has 2 heterocycles. The molecule has 8 heteroatoms. The van der Waals surface area contributed by atoms with Gasteiger partial charge in [-0.25, -0.2) is 4.98 Å². The van der Waals surface area contributed by atoms with E-state index in [4.69, 9.17) is 19.6 Å². The van der Waals surface area contributed by atoms with Crippen LogP contribution in [0.5, 0.6) is 5.75 Å². The molecule has 3 aromatic carbocycles. The number of benzene rings is 3. The zero-order valence-electron chi connectivity index (χ0n) is 17.0. The standard InChI is InChI=1S/C23H23N3O3.2ClH/c24-17-4-7-21-22(15-17)29-23(25-21)20-3-1-2-16-14-18(5-6-19(16)20)28-13-10-26-8-11-27-12-9-26;;/h1-7,14-15H,8-13,24H2;2*1H. The van der Waals surface area contributed by atoms with E-state index in [0.717, 1.165) is 60.5 Å². The van der Waals surface area contributed by atoms with Crippen molar-refractivity contribution in [2.45, 2.75) is 0 Å². The van der Waals surface area contributed by atoms with Crippen LogP contribution in [-0.4, -0.2) is 49.3 Å². The first kappa shape index (κ1) is 23.2. The number of morpholine rings is 1. The van der Waals surface area contributed by atoms with Gasteiger partial charge in [0.2, 0.25) is 5.89 Å². The average molecular weight is 462 g/mol. The number of ether oxygens (including phenoxy) is 2. The Bertz CT molecular complexity index is 1160. The molecule has 1 fully saturated rings. The van der Waals surface area contributed by atoms with Gasteiger partial charge >= 0.3 is 0 Å². The van der Waals surface area contributed by atoms with Crippen LogP contribution in [0, 0.1) is 0 Å². The maximum absolute atomic E-state index is 5.99. The summed E-state index contributed by atoms with van der Waals surface area (Å²) >= 11 is 0. The van der Waals surface area contributed by atoms with E-state index in [0.29, 0.717) is 23.8 Å². The molecule has 1 aliphatic heterocycles. The van der Waals surface area contributed by atoms with E-state index in [1.165, 1.54) is 0 Å². The molecule has 0 aliphatic carbocycles. The van der Waals surface area contributed by atoms with Crippen LogP contribution < -0.4 is 10.5 Å². The summed E-state index contributed by atoms with van der Waals surface area (Å²) in [6.45, 7) is 5.13. The predicted molar refractivity (Wildman–Crippen MR) is 129 cm³/mol. The largest absolute Gasteiger partial charge is 0.492 e. The van der Waals surface area contributed by atoms with E-state index in [9.17, 15) is 0 Å². The Kier molecular flexibility index (Phi) is 7.62. The fourth-order valence-electron chi connectivity index (χ4n) is 3.71. The number of anilines is 1. The first-order valence-corrected chi connectivity index (χ1v) is 9.88. The number of nitrogens with zero attached hydrogens (tertiary/aromatic N) is 2. The highest BCUT2D eigenvalue weighted by Crippen LogP contribution is 2.32. The first-order chi connectivity index (χ1) is 14.3. The Morgan fingerprint density at radius 2 is 1.84 bits per heavy atom. The van der Waals surface area contributed by atoms with Gasteiger partial charge in [0.1, 0.15) is 17.9 Å². The predicted octanol–water partition coefficient (Wildman–Crippen LogP) is 4.78. The fraction of sp³-hybridized carbons (Fsp3) is 0.261. The van der Waals surface area contributed by atoms with Crippen molar-refractivity contribution in [1.82, 2.24) is 9.88 Å². The van der Waals surface area contributed by atoms with Crippen molar-refractivity contribution < 1.29 is 13.9 Å². The van der Waals surface area contributed by atoms with Crippen molar-refractivity contribution in [2.24, 2.45) is 0 Å². The molecule has 0 saturated carbocycles. The summed E-state index contributed by atoms with van der Waals surface area (Å²) in [6, 6.07) is 17.8. The molecule has 0 radical (unpaired) electrons. The van der Waals surface area contributed by atoms with Gasteiger partial charge in [0.05, 0.1) is 13.2 Å². The zero-order chi connectivity index (χ0) is 19.6. The van der Waals surface area contributed by atoms with Crippen LogP contribution >= 0.6 is 24.8 Å². The Balaban J connectivity index is 0.00000136. The van der Waals surface area contributed by atoms with Gasteiger partial charge in [-0.3, -0.25) is 4.90 Å². The number of hydrogen-bond donors (Lipinski definition) is 1. The van der Waals surface area contributed by atoms with Gasteiger partial charge in [0, 0.05) is 37.0 Å². The molecule has 5 rings (SSSR count). The zero-order valence-corrected chi connectivity index (χ0v) is 18.6. The SMILES string of the molecule is Cl.Cl.Nc1ccc2nc(-c3cccc4cc(OCCN5CCOCC5)ccc34)oc2c1. The van der Waals surface area contributed by atoms with Crippen molar-refractivity contribution in [3.8, 4) is 17.2 Å². The number of nitrogen functional groups attached to an aromatic ring is 1. The van der Waals surface area contributed by atoms with E-state index >= 15 is 0 Å². The van der Waals surface area contributed by atoms with Gasteiger partial charge in [-0.05, 0) is 47.2 Å². The topological polar surface area (TPSA) is 73.8 Å². The molecule has 0 spiro atoms. The average Bonchev–Trinajstić information content (AvgIpc) is 3.17. The number of nitrogens with two attached hydrogens (primary N) is 1. The maximum atomic E-state index is 5.99. The number of oxazole rings is 1. The lowest BCUT2D eigenvalue weighted by Crippen LogP contribution is -2.38. The normalized spacial score (nSPS) is 14.2. The van der Waals surface area contributed by atoms with Crippen LogP contribution in [0.4, 0.5) is 5.69 Å². The minimum Gasteiger partial charge on any atom is -0.492 e. The lowest BCUT2D eigenvalue weighted by molar-refractivity contribution is 0.0322. The Labute approximate surface area is 193 Å². The van der Waals surface area contributed by atoms with Gasteiger partial charge in [-0.15, -0.1) is 24.8 Å². The van der Waals surface area contributed by atoms with Gasteiger partial charge in [-0.1, -0.05) is 12.1 Å². The molecule has 1 saturated heterocycles. The van der Waals surface area contributed by atoms with Crippen LogP contribution in [0.3, 0.4) is 0 Å². The second kappa shape index (κ2) is 10.2. The van der Waals surface area contributed by atoms with Crippen LogP contribution in [-0.2, 0) is 4.74 Å². The minimum absolute atomic E-state index is 0. The molecule has 31 heavy (non-hydrogen) atoms. The molecule has 0 bridgehead atoms. The quantitative estimate of drug-likeness (QED) is 0.430. The minimum atomic E-state index is 0. The third-order valence-electron chi connectivity index (χ3n) is 5.27. The van der Waals surface area contributed by atoms with E-state index in [-0.39, 0.29) is 24.8 Å². The summed E-state index contributed by atoms with van der Waals surface area (Å²) in [5.41, 5.74) is 8.97. The maximum Gasteiger partial charge on any atom is 0.227 e. The van der Waals surface area contributed by atoms with Crippen molar-refractivity contribution in [2.75, 3.05) is 45.2 Å². The number of hydrogen-bond acceptors (Lipinski definition) is 6. The molecule has 2 N–H and O–H groups in total. The molecule has 0 amide bonds. The smallest absolute Gasteiger partial charge is 0.227 e. The second-order valence-corrected chi connectivity index (χ2v) is 7.24. The van der Waals surface area contributed by atoms with Gasteiger partial charge in [0.15, 0.2) is 5.58 Å². The molecular formula is C23H25Cl2N3O3. The highest BCUT2D eigenvalue weighted by atomic mass is 35.5. The van der Waals surface area contributed by atoms with E-state index in [1.807, 2.05) is 30.3 Å². The first-order valence-electron chi connectivity index (χ1n) is 9.88. The third-order valence-corrected chi connectivity index (χ3v) is 5.27. The third kappa shape index (κ3) is 5.05. The number of aromatic nitrogens is 1. The molecule has 1 aliphatic rings. The van der Waals surface area contributed by atoms with Crippen LogP contribution in [0.25, 0.3) is 33.3 Å². The monoisotopic (exact) mass is 461 g/mol. The van der Waals surface area contributed by atoms with Crippen molar-refractivity contribution in [3.05, 3.63) is 54.6 Å². The van der Waals surface area contributed by atoms with E-state index in [1.54, 1.807) is 6.07 Å². The highest BCUT2D eigenvalue weighted by Gasteiger charge is 2.13. The Hall–Kier alpha value is -2.51. The molecule has 0 atom stereocenters. The number of halogens is 2. The van der Waals surface area contributed by atoms with Crippen molar-refractivity contribution >= 4 is 52.4 Å². The summed E-state index contributed by atoms with van der Waals surface area (Å²) < 4.78 is 17.3. The molecule has 6 nitrogen and oxygen atoms in total. The molecule has 1 aromatic heterocycles. The summed E-state index contributed by atoms with van der Waals surface area (Å²) in [5.74, 6) is 1.46. The van der Waals surface area contributed by atoms with Crippen molar-refractivity contribution in [1.29, 1.82) is 0 Å². The molecule has 0 unspecified atom stereocenters. The summed E-state index contributed by atoms with van der Waals surface area (Å²) in [7, 11) is 0. The van der Waals surface area contributed by atoms with Crippen LogP contribution in [0.15, 0.2) is 59.0 Å². The summed E-state index contributed by atoms with van der Waals surface area (Å²) in [6.07, 6.45) is 0. The molecular weight excluding hydrogens is 437 g/mol. The summed E-state index contributed by atoms with van der Waals surface area (Å²) in [5, 5.41) is 2.17. The van der Waals surface area contributed by atoms with Crippen molar-refractivity contribution in [3.63, 3.8) is 0 Å². The summed E-state index contributed by atoms with van der Waals surface area (Å²) in [4.78, 5) is 6.99. The van der Waals surface area contributed by atoms with Gasteiger partial charge < -0.3 is 19.6 Å². The van der Waals surface area contributed by atoms with Crippen LogP contribution in [0.2, 0.25) is 0 Å².